The average molecular weight is 742 g/mol. The Morgan fingerprint density at radius 2 is 1.69 bits per heavy atom. The highest BCUT2D eigenvalue weighted by Crippen LogP contribution is 2.36. The van der Waals surface area contributed by atoms with Gasteiger partial charge >= 0.3 is 0 Å². The van der Waals surface area contributed by atoms with Crippen LogP contribution in [0, 0.1) is 5.82 Å². The molecular formula is C44H40FN3O5S. The molecule has 4 aromatic rings. The molecule has 5 rings (SSSR count). The average Bonchev–Trinajstić information content (AvgIpc) is 3.18. The zero-order valence-corrected chi connectivity index (χ0v) is 30.9. The highest BCUT2D eigenvalue weighted by molar-refractivity contribution is 8.14. The van der Waals surface area contributed by atoms with Gasteiger partial charge in [-0.2, -0.15) is 4.99 Å². The number of benzene rings is 4. The van der Waals surface area contributed by atoms with Gasteiger partial charge in [0.2, 0.25) is 5.91 Å². The molecule has 0 saturated carbocycles. The predicted molar refractivity (Wildman–Crippen MR) is 213 cm³/mol. The van der Waals surface area contributed by atoms with Crippen LogP contribution in [0.1, 0.15) is 40.8 Å². The fourth-order valence-corrected chi connectivity index (χ4v) is 6.54. The van der Waals surface area contributed by atoms with E-state index in [-0.39, 0.29) is 34.8 Å². The SMILES string of the molecule is C=C/C=C\C(=C/C)N1C(=O)/C(=C/c2cc(CC=C)c(OCc3cccc(F)c3)c(OC)c2)C(=O)N=C1SCC(=O)NC(c1ccccc1)c1ccccc1. The van der Waals surface area contributed by atoms with E-state index >= 15 is 0 Å². The molecule has 3 amide bonds. The van der Waals surface area contributed by atoms with Crippen molar-refractivity contribution in [2.75, 3.05) is 12.9 Å². The Morgan fingerprint density at radius 1 is 0.981 bits per heavy atom. The van der Waals surface area contributed by atoms with E-state index in [9.17, 15) is 18.8 Å². The van der Waals surface area contributed by atoms with Gasteiger partial charge in [-0.1, -0.05) is 115 Å². The first-order chi connectivity index (χ1) is 26.3. The molecule has 1 N–H and O–H groups in total. The van der Waals surface area contributed by atoms with E-state index in [0.29, 0.717) is 40.3 Å². The van der Waals surface area contributed by atoms with Gasteiger partial charge in [-0.05, 0) is 72.0 Å². The standard InChI is InChI=1S/C44H40FN3O5S/c1-5-8-23-36(7-3)48-43(51)37(26-31-24-34(16-6-2)41(38(27-31)52-4)53-28-30-17-15-22-35(45)25-30)42(50)47-44(48)54-29-39(49)46-40(32-18-11-9-12-19-32)33-20-13-10-14-21-33/h5-15,17-27,40H,1-2,16,28-29H2,3-4H3,(H,46,49)/b23-8-,36-7+,37-26+. The van der Waals surface area contributed by atoms with Gasteiger partial charge in [0, 0.05) is 11.3 Å². The van der Waals surface area contributed by atoms with Crippen LogP contribution >= 0.6 is 11.8 Å². The van der Waals surface area contributed by atoms with Crippen molar-refractivity contribution in [3.05, 3.63) is 186 Å². The van der Waals surface area contributed by atoms with Crippen LogP contribution in [0.2, 0.25) is 0 Å². The van der Waals surface area contributed by atoms with Crippen LogP contribution in [0.15, 0.2) is 157 Å². The third-order valence-corrected chi connectivity index (χ3v) is 9.17. The summed E-state index contributed by atoms with van der Waals surface area (Å²) >= 11 is 0.984. The van der Waals surface area contributed by atoms with Crippen LogP contribution in [0.25, 0.3) is 6.08 Å². The van der Waals surface area contributed by atoms with Crippen molar-refractivity contribution in [3.63, 3.8) is 0 Å². The molecule has 0 atom stereocenters. The summed E-state index contributed by atoms with van der Waals surface area (Å²) in [4.78, 5) is 47.0. The van der Waals surface area contributed by atoms with Crippen LogP contribution in [-0.4, -0.2) is 40.7 Å². The van der Waals surface area contributed by atoms with Crippen LogP contribution in [0.3, 0.4) is 0 Å². The molecule has 0 spiro atoms. The Kier molecular flexibility index (Phi) is 13.7. The number of nitrogens with one attached hydrogen (secondary N) is 1. The lowest BCUT2D eigenvalue weighted by Gasteiger charge is -2.28. The van der Waals surface area contributed by atoms with Gasteiger partial charge in [0.1, 0.15) is 18.0 Å². The van der Waals surface area contributed by atoms with Crippen LogP contribution in [0.5, 0.6) is 11.5 Å². The van der Waals surface area contributed by atoms with E-state index in [1.165, 1.54) is 30.2 Å². The molecule has 274 valence electrons. The molecule has 54 heavy (non-hydrogen) atoms. The molecule has 8 nitrogen and oxygen atoms in total. The number of amidine groups is 1. The lowest BCUT2D eigenvalue weighted by atomic mass is 9.99. The Hall–Kier alpha value is -6.26. The number of thioether (sulfide) groups is 1. The van der Waals surface area contributed by atoms with Gasteiger partial charge in [-0.3, -0.25) is 19.3 Å². The van der Waals surface area contributed by atoms with E-state index in [1.54, 1.807) is 61.6 Å². The molecule has 0 aliphatic carbocycles. The number of hydrogen-bond acceptors (Lipinski definition) is 6. The first-order valence-corrected chi connectivity index (χ1v) is 18.1. The number of carbonyl (C=O) groups excluding carboxylic acids is 3. The first kappa shape index (κ1) is 39.0. The minimum Gasteiger partial charge on any atom is -0.493 e. The number of carbonyl (C=O) groups is 3. The third-order valence-electron chi connectivity index (χ3n) is 8.23. The number of aliphatic imine (C=N–C) groups is 1. The maximum absolute atomic E-state index is 14.3. The Morgan fingerprint density at radius 3 is 2.30 bits per heavy atom. The number of allylic oxidation sites excluding steroid dienone is 5. The zero-order valence-electron chi connectivity index (χ0n) is 30.0. The topological polar surface area (TPSA) is 97.3 Å². The van der Waals surface area contributed by atoms with E-state index in [0.717, 1.165) is 22.9 Å². The Balaban J connectivity index is 1.44. The van der Waals surface area contributed by atoms with Crippen molar-refractivity contribution in [3.8, 4) is 11.5 Å². The molecule has 0 unspecified atom stereocenters. The van der Waals surface area contributed by atoms with Crippen molar-refractivity contribution >= 4 is 40.7 Å². The summed E-state index contributed by atoms with van der Waals surface area (Å²) in [6.07, 6.45) is 10.1. The summed E-state index contributed by atoms with van der Waals surface area (Å²) in [6, 6.07) is 28.3. The minimum absolute atomic E-state index is 0.0566. The molecule has 0 bridgehead atoms. The molecule has 1 aliphatic heterocycles. The van der Waals surface area contributed by atoms with Crippen LogP contribution in [0.4, 0.5) is 4.39 Å². The Labute approximate surface area is 319 Å². The molecule has 0 radical (unpaired) electrons. The number of rotatable bonds is 15. The quantitative estimate of drug-likeness (QED) is 0.0568. The number of hydrogen-bond donors (Lipinski definition) is 1. The normalized spacial score (nSPS) is 14.0. The van der Waals surface area contributed by atoms with Gasteiger partial charge in [-0.15, -0.1) is 6.58 Å². The molecule has 0 fully saturated rings. The predicted octanol–water partition coefficient (Wildman–Crippen LogP) is 8.54. The van der Waals surface area contributed by atoms with Crippen molar-refractivity contribution in [1.82, 2.24) is 10.2 Å². The van der Waals surface area contributed by atoms with Gasteiger partial charge in [0.05, 0.1) is 18.9 Å². The fraction of sp³-hybridized carbons (Fsp3) is 0.136. The molecule has 4 aromatic carbocycles. The van der Waals surface area contributed by atoms with Gasteiger partial charge < -0.3 is 14.8 Å². The molecule has 0 saturated heterocycles. The summed E-state index contributed by atoms with van der Waals surface area (Å²) in [6.45, 7) is 9.43. The van der Waals surface area contributed by atoms with Crippen LogP contribution in [-0.2, 0) is 27.4 Å². The number of ether oxygens (including phenoxy) is 2. The van der Waals surface area contributed by atoms with E-state index in [4.69, 9.17) is 9.47 Å². The second-order valence-corrected chi connectivity index (χ2v) is 12.9. The molecule has 1 heterocycles. The smallest absolute Gasteiger partial charge is 0.285 e. The monoisotopic (exact) mass is 741 g/mol. The molecule has 0 aromatic heterocycles. The van der Waals surface area contributed by atoms with Crippen molar-refractivity contribution in [2.45, 2.75) is 26.0 Å². The van der Waals surface area contributed by atoms with E-state index in [2.05, 4.69) is 23.5 Å². The van der Waals surface area contributed by atoms with E-state index in [1.807, 2.05) is 60.7 Å². The maximum atomic E-state index is 14.3. The van der Waals surface area contributed by atoms with Crippen molar-refractivity contribution < 1.29 is 28.2 Å². The maximum Gasteiger partial charge on any atom is 0.285 e. The highest BCUT2D eigenvalue weighted by atomic mass is 32.2. The number of amides is 3. The third kappa shape index (κ3) is 9.78. The second-order valence-electron chi connectivity index (χ2n) is 11.9. The largest absolute Gasteiger partial charge is 0.493 e. The van der Waals surface area contributed by atoms with Crippen molar-refractivity contribution in [2.24, 2.45) is 4.99 Å². The summed E-state index contributed by atoms with van der Waals surface area (Å²) in [5.41, 5.74) is 3.85. The number of nitrogens with zero attached hydrogens (tertiary/aromatic N) is 2. The van der Waals surface area contributed by atoms with Gasteiger partial charge in [0.15, 0.2) is 16.7 Å². The lowest BCUT2D eigenvalue weighted by molar-refractivity contribution is -0.126. The number of halogens is 1. The summed E-state index contributed by atoms with van der Waals surface area (Å²) in [5.74, 6) is -1.41. The summed E-state index contributed by atoms with van der Waals surface area (Å²) in [7, 11) is 1.48. The summed E-state index contributed by atoms with van der Waals surface area (Å²) in [5, 5.41) is 3.15. The van der Waals surface area contributed by atoms with Crippen LogP contribution < -0.4 is 14.8 Å². The molecule has 1 aliphatic rings. The number of methoxy groups -OCH3 is 1. The fourth-order valence-electron chi connectivity index (χ4n) is 5.73. The first-order valence-electron chi connectivity index (χ1n) is 17.1. The van der Waals surface area contributed by atoms with Crippen molar-refractivity contribution in [1.29, 1.82) is 0 Å². The second kappa shape index (κ2) is 19.0. The van der Waals surface area contributed by atoms with Gasteiger partial charge in [0.25, 0.3) is 11.8 Å². The highest BCUT2D eigenvalue weighted by Gasteiger charge is 2.35. The molecular weight excluding hydrogens is 702 g/mol. The zero-order chi connectivity index (χ0) is 38.5. The molecule has 10 heteroatoms. The minimum atomic E-state index is -0.760. The Bertz CT molecular complexity index is 2100. The van der Waals surface area contributed by atoms with E-state index < -0.39 is 17.9 Å². The lowest BCUT2D eigenvalue weighted by Crippen LogP contribution is -2.42. The summed E-state index contributed by atoms with van der Waals surface area (Å²) < 4.78 is 25.6. The van der Waals surface area contributed by atoms with Gasteiger partial charge in [-0.25, -0.2) is 4.39 Å².